The van der Waals surface area contributed by atoms with Gasteiger partial charge in [-0.15, -0.1) is 0 Å². The Kier molecular flexibility index (Phi) is 6.95. The lowest BCUT2D eigenvalue weighted by atomic mass is 9.97. The van der Waals surface area contributed by atoms with Crippen LogP contribution in [0.5, 0.6) is 11.5 Å². The molecule has 0 aliphatic carbocycles. The van der Waals surface area contributed by atoms with Gasteiger partial charge >= 0.3 is 0 Å². The minimum atomic E-state index is 0.0634. The molecular weight excluding hydrogens is 360 g/mol. The highest BCUT2D eigenvalue weighted by molar-refractivity contribution is 5.57. The zero-order chi connectivity index (χ0) is 20.8. The van der Waals surface area contributed by atoms with Gasteiger partial charge in [-0.25, -0.2) is 0 Å². The van der Waals surface area contributed by atoms with Crippen molar-refractivity contribution >= 4 is 6.08 Å². The SMILES string of the molecule is C=C(COc1ccccc1)C1=CCOC1CC/C(C)=C/c1cc(C)c(O)c(C)c1. The second-order valence-electron chi connectivity index (χ2n) is 7.72. The maximum Gasteiger partial charge on any atom is 0.121 e. The van der Waals surface area contributed by atoms with Crippen molar-refractivity contribution in [3.05, 3.63) is 88.5 Å². The number of para-hydroxylation sites is 1. The summed E-state index contributed by atoms with van der Waals surface area (Å²) in [5.41, 5.74) is 6.36. The second kappa shape index (κ2) is 9.62. The normalized spacial score (nSPS) is 16.6. The molecule has 1 unspecified atom stereocenters. The van der Waals surface area contributed by atoms with E-state index in [1.54, 1.807) is 0 Å². The Labute approximate surface area is 174 Å². The first-order valence-corrected chi connectivity index (χ1v) is 10.1. The Morgan fingerprint density at radius 1 is 1.21 bits per heavy atom. The summed E-state index contributed by atoms with van der Waals surface area (Å²) in [5.74, 6) is 1.23. The van der Waals surface area contributed by atoms with Crippen LogP contribution >= 0.6 is 0 Å². The van der Waals surface area contributed by atoms with Gasteiger partial charge in [0.2, 0.25) is 0 Å². The molecule has 1 N–H and O–H groups in total. The number of phenols is 1. The summed E-state index contributed by atoms with van der Waals surface area (Å²) in [6.07, 6.45) is 6.22. The number of benzene rings is 2. The van der Waals surface area contributed by atoms with E-state index in [9.17, 15) is 5.11 Å². The molecule has 1 aliphatic heterocycles. The number of hydrogen-bond donors (Lipinski definition) is 1. The zero-order valence-corrected chi connectivity index (χ0v) is 17.6. The Morgan fingerprint density at radius 2 is 1.90 bits per heavy atom. The van der Waals surface area contributed by atoms with Gasteiger partial charge in [0.15, 0.2) is 0 Å². The van der Waals surface area contributed by atoms with Gasteiger partial charge in [-0.1, -0.05) is 42.5 Å². The van der Waals surface area contributed by atoms with Crippen LogP contribution in [0.2, 0.25) is 0 Å². The summed E-state index contributed by atoms with van der Waals surface area (Å²) in [6.45, 7) is 11.3. The molecule has 3 nitrogen and oxygen atoms in total. The van der Waals surface area contributed by atoms with E-state index < -0.39 is 0 Å². The zero-order valence-electron chi connectivity index (χ0n) is 17.6. The van der Waals surface area contributed by atoms with Crippen LogP contribution in [0.25, 0.3) is 6.08 Å². The van der Waals surface area contributed by atoms with Gasteiger partial charge in [-0.05, 0) is 85.7 Å². The number of aromatic hydroxyl groups is 1. The number of phenolic OH excluding ortho intramolecular Hbond substituents is 1. The lowest BCUT2D eigenvalue weighted by molar-refractivity contribution is 0.116. The van der Waals surface area contributed by atoms with Crippen LogP contribution in [0, 0.1) is 13.8 Å². The van der Waals surface area contributed by atoms with Crippen LogP contribution < -0.4 is 4.74 Å². The first-order valence-electron chi connectivity index (χ1n) is 10.1. The molecule has 29 heavy (non-hydrogen) atoms. The summed E-state index contributed by atoms with van der Waals surface area (Å²) >= 11 is 0. The van der Waals surface area contributed by atoms with Gasteiger partial charge < -0.3 is 14.6 Å². The van der Waals surface area contributed by atoms with Crippen molar-refractivity contribution in [2.75, 3.05) is 13.2 Å². The highest BCUT2D eigenvalue weighted by Crippen LogP contribution is 2.28. The molecule has 1 aliphatic rings. The van der Waals surface area contributed by atoms with Crippen LogP contribution in [0.1, 0.15) is 36.5 Å². The van der Waals surface area contributed by atoms with E-state index in [-0.39, 0.29) is 6.10 Å². The van der Waals surface area contributed by atoms with E-state index in [2.05, 4.69) is 25.7 Å². The molecule has 152 valence electrons. The van der Waals surface area contributed by atoms with Gasteiger partial charge in [0.25, 0.3) is 0 Å². The maximum absolute atomic E-state index is 9.95. The van der Waals surface area contributed by atoms with Crippen molar-refractivity contribution in [3.63, 3.8) is 0 Å². The minimum Gasteiger partial charge on any atom is -0.507 e. The molecule has 0 aromatic heterocycles. The van der Waals surface area contributed by atoms with Crippen molar-refractivity contribution in [2.45, 2.75) is 39.7 Å². The van der Waals surface area contributed by atoms with Crippen molar-refractivity contribution < 1.29 is 14.6 Å². The first kappa shape index (κ1) is 20.9. The standard InChI is InChI=1S/C26H30O3/c1-18(14-22-15-19(2)26(27)20(3)16-22)10-11-25-24(12-13-28-25)21(4)17-29-23-8-6-5-7-9-23/h5-9,12,14-16,25,27H,4,10-11,13,17H2,1-3H3/b18-14+. The Morgan fingerprint density at radius 3 is 2.59 bits per heavy atom. The van der Waals surface area contributed by atoms with Crippen LogP contribution in [0.15, 0.2) is 71.8 Å². The van der Waals surface area contributed by atoms with E-state index in [1.165, 1.54) is 5.57 Å². The van der Waals surface area contributed by atoms with E-state index in [1.807, 2.05) is 56.3 Å². The number of ether oxygens (including phenoxy) is 2. The topological polar surface area (TPSA) is 38.7 Å². The van der Waals surface area contributed by atoms with E-state index in [4.69, 9.17) is 9.47 Å². The average Bonchev–Trinajstić information content (AvgIpc) is 3.18. The number of allylic oxidation sites excluding steroid dienone is 1. The molecular formula is C26H30O3. The summed E-state index contributed by atoms with van der Waals surface area (Å²) in [5, 5.41) is 9.95. The first-order chi connectivity index (χ1) is 13.9. The summed E-state index contributed by atoms with van der Waals surface area (Å²) < 4.78 is 11.8. The van der Waals surface area contributed by atoms with Gasteiger partial charge in [0.1, 0.15) is 18.1 Å². The molecule has 1 heterocycles. The lowest BCUT2D eigenvalue weighted by Crippen LogP contribution is -2.14. The van der Waals surface area contributed by atoms with Gasteiger partial charge in [0, 0.05) is 0 Å². The molecule has 0 radical (unpaired) electrons. The molecule has 1 atom stereocenters. The highest BCUT2D eigenvalue weighted by Gasteiger charge is 2.22. The smallest absolute Gasteiger partial charge is 0.121 e. The number of rotatable bonds is 8. The maximum atomic E-state index is 9.95. The molecule has 3 rings (SSSR count). The largest absolute Gasteiger partial charge is 0.507 e. The third-order valence-electron chi connectivity index (χ3n) is 5.24. The third kappa shape index (κ3) is 5.61. The summed E-state index contributed by atoms with van der Waals surface area (Å²) in [4.78, 5) is 0. The van der Waals surface area contributed by atoms with Crippen LogP contribution in [-0.2, 0) is 4.74 Å². The van der Waals surface area contributed by atoms with E-state index in [0.29, 0.717) is 19.0 Å². The van der Waals surface area contributed by atoms with E-state index in [0.717, 1.165) is 46.4 Å². The van der Waals surface area contributed by atoms with Crippen molar-refractivity contribution in [1.29, 1.82) is 0 Å². The predicted octanol–water partition coefficient (Wildman–Crippen LogP) is 6.15. The third-order valence-corrected chi connectivity index (χ3v) is 5.24. The average molecular weight is 391 g/mol. The second-order valence-corrected chi connectivity index (χ2v) is 7.72. The minimum absolute atomic E-state index is 0.0634. The summed E-state index contributed by atoms with van der Waals surface area (Å²) in [7, 11) is 0. The molecule has 0 saturated heterocycles. The lowest BCUT2D eigenvalue weighted by Gasteiger charge is -2.17. The predicted molar refractivity (Wildman–Crippen MR) is 119 cm³/mol. The van der Waals surface area contributed by atoms with E-state index >= 15 is 0 Å². The van der Waals surface area contributed by atoms with Crippen LogP contribution in [0.4, 0.5) is 0 Å². The van der Waals surface area contributed by atoms with Crippen LogP contribution in [0.3, 0.4) is 0 Å². The van der Waals surface area contributed by atoms with Crippen molar-refractivity contribution in [1.82, 2.24) is 0 Å². The highest BCUT2D eigenvalue weighted by atomic mass is 16.5. The molecule has 0 spiro atoms. The Bertz CT molecular complexity index is 899. The number of aryl methyl sites for hydroxylation is 2. The molecule has 0 fully saturated rings. The van der Waals surface area contributed by atoms with Gasteiger partial charge in [0.05, 0.1) is 12.7 Å². The van der Waals surface area contributed by atoms with Crippen molar-refractivity contribution in [3.8, 4) is 11.5 Å². The molecule has 3 heteroatoms. The molecule has 0 bridgehead atoms. The molecule has 0 saturated carbocycles. The van der Waals surface area contributed by atoms with Gasteiger partial charge in [-0.2, -0.15) is 0 Å². The number of hydrogen-bond acceptors (Lipinski definition) is 3. The van der Waals surface area contributed by atoms with Crippen molar-refractivity contribution in [2.24, 2.45) is 0 Å². The van der Waals surface area contributed by atoms with Crippen LogP contribution in [-0.4, -0.2) is 24.4 Å². The fourth-order valence-electron chi connectivity index (χ4n) is 3.64. The Hall–Kier alpha value is -2.78. The summed E-state index contributed by atoms with van der Waals surface area (Å²) in [6, 6.07) is 13.8. The monoisotopic (exact) mass is 390 g/mol. The molecule has 2 aromatic rings. The fraction of sp³-hybridized carbons (Fsp3) is 0.308. The molecule has 2 aromatic carbocycles. The quantitative estimate of drug-likeness (QED) is 0.587. The Balaban J connectivity index is 1.55. The van der Waals surface area contributed by atoms with Gasteiger partial charge in [-0.3, -0.25) is 0 Å². The molecule has 0 amide bonds. The fourth-order valence-corrected chi connectivity index (χ4v) is 3.64.